The monoisotopic (exact) mass is 252 g/mol. The molecule has 0 aliphatic heterocycles. The molecule has 17 heavy (non-hydrogen) atoms. The van der Waals surface area contributed by atoms with Crippen molar-refractivity contribution in [3.8, 4) is 0 Å². The van der Waals surface area contributed by atoms with Crippen LogP contribution < -0.4 is 0 Å². The molecule has 0 aliphatic carbocycles. The van der Waals surface area contributed by atoms with Gasteiger partial charge < -0.3 is 10.2 Å². The number of aliphatic carboxylic acids is 1. The summed E-state index contributed by atoms with van der Waals surface area (Å²) in [5.41, 5.74) is -2.05. The third kappa shape index (κ3) is 2.94. The predicted molar refractivity (Wildman–Crippen MR) is 48.9 cm³/mol. The van der Waals surface area contributed by atoms with Crippen molar-refractivity contribution in [2.75, 3.05) is 0 Å². The van der Waals surface area contributed by atoms with Gasteiger partial charge in [0.05, 0.1) is 5.56 Å². The van der Waals surface area contributed by atoms with Crippen molar-refractivity contribution in [3.63, 3.8) is 0 Å². The van der Waals surface area contributed by atoms with Crippen LogP contribution in [0.25, 0.3) is 0 Å². The van der Waals surface area contributed by atoms with Gasteiger partial charge in [-0.05, 0) is 11.6 Å². The number of benzene rings is 1. The van der Waals surface area contributed by atoms with Gasteiger partial charge in [-0.2, -0.15) is 13.2 Å². The lowest BCUT2D eigenvalue weighted by atomic mass is 9.99. The zero-order chi connectivity index (χ0) is 13.2. The van der Waals surface area contributed by atoms with Crippen molar-refractivity contribution in [1.82, 2.24) is 0 Å². The van der Waals surface area contributed by atoms with Crippen LogP contribution in [0.3, 0.4) is 0 Å². The Hall–Kier alpha value is -1.63. The van der Waals surface area contributed by atoms with Crippen molar-refractivity contribution in [3.05, 3.63) is 35.4 Å². The summed E-state index contributed by atoms with van der Waals surface area (Å²) < 4.78 is 50.4. The van der Waals surface area contributed by atoms with Crippen LogP contribution in [-0.2, 0) is 11.0 Å². The first-order valence-electron chi connectivity index (χ1n) is 4.46. The topological polar surface area (TPSA) is 57.5 Å². The fourth-order valence-corrected chi connectivity index (χ4v) is 1.31. The van der Waals surface area contributed by atoms with Crippen molar-refractivity contribution in [2.45, 2.75) is 18.5 Å². The first-order chi connectivity index (χ1) is 7.75. The van der Waals surface area contributed by atoms with E-state index >= 15 is 0 Å². The van der Waals surface area contributed by atoms with Gasteiger partial charge in [-0.3, -0.25) is 0 Å². The number of hydrogen-bond donors (Lipinski definition) is 2. The molecular formula is C10H8F4O3. The number of carboxylic acids is 1. The van der Waals surface area contributed by atoms with Gasteiger partial charge in [-0.15, -0.1) is 0 Å². The van der Waals surface area contributed by atoms with E-state index in [-0.39, 0.29) is 0 Å². The maximum atomic E-state index is 13.0. The first-order valence-corrected chi connectivity index (χ1v) is 4.46. The molecule has 2 unspecified atom stereocenters. The number of hydrogen-bond acceptors (Lipinski definition) is 2. The van der Waals surface area contributed by atoms with Crippen molar-refractivity contribution >= 4 is 5.97 Å². The molecule has 1 aromatic rings. The average molecular weight is 252 g/mol. The minimum atomic E-state index is -4.78. The predicted octanol–water partition coefficient (Wildman–Crippen LogP) is 2.16. The maximum absolute atomic E-state index is 13.0. The number of halogens is 4. The van der Waals surface area contributed by atoms with E-state index in [1.54, 1.807) is 0 Å². The third-order valence-electron chi connectivity index (χ3n) is 2.10. The smallest absolute Gasteiger partial charge is 0.416 e. The van der Waals surface area contributed by atoms with Gasteiger partial charge in [0.15, 0.2) is 0 Å². The molecule has 0 saturated heterocycles. The number of rotatable bonds is 3. The van der Waals surface area contributed by atoms with Gasteiger partial charge in [0.1, 0.15) is 6.10 Å². The van der Waals surface area contributed by atoms with Gasteiger partial charge >= 0.3 is 12.1 Å². The average Bonchev–Trinajstić information content (AvgIpc) is 2.25. The minimum Gasteiger partial charge on any atom is -0.479 e. The molecule has 7 heteroatoms. The van der Waals surface area contributed by atoms with E-state index in [0.717, 1.165) is 18.2 Å². The number of carboxylic acid groups (broad SMARTS) is 1. The second kappa shape index (κ2) is 4.70. The Morgan fingerprint density at radius 1 is 1.24 bits per heavy atom. The summed E-state index contributed by atoms with van der Waals surface area (Å²) in [7, 11) is 0. The molecule has 0 amide bonds. The van der Waals surface area contributed by atoms with Gasteiger partial charge in [-0.1, -0.05) is 18.2 Å². The Kier molecular flexibility index (Phi) is 3.72. The zero-order valence-electron chi connectivity index (χ0n) is 8.28. The third-order valence-corrected chi connectivity index (χ3v) is 2.10. The lowest BCUT2D eigenvalue weighted by Crippen LogP contribution is -2.25. The summed E-state index contributed by atoms with van der Waals surface area (Å²) in [4.78, 5) is 10.3. The van der Waals surface area contributed by atoms with Gasteiger partial charge in [-0.25, -0.2) is 9.18 Å². The molecule has 0 saturated carbocycles. The second-order valence-corrected chi connectivity index (χ2v) is 3.27. The molecule has 0 radical (unpaired) electrons. The standard InChI is InChI=1S/C10H8F4O3/c11-7(9(16)17)8(15)5-3-1-2-4-6(5)10(12,13)14/h1-4,7-8,15H,(H,16,17). The molecule has 0 spiro atoms. The largest absolute Gasteiger partial charge is 0.479 e. The Balaban J connectivity index is 3.18. The van der Waals surface area contributed by atoms with Crippen LogP contribution in [0.4, 0.5) is 17.6 Å². The molecule has 2 atom stereocenters. The van der Waals surface area contributed by atoms with E-state index in [0.29, 0.717) is 6.07 Å². The van der Waals surface area contributed by atoms with E-state index in [1.165, 1.54) is 0 Å². The molecule has 0 fully saturated rings. The Bertz CT molecular complexity index is 416. The van der Waals surface area contributed by atoms with Gasteiger partial charge in [0, 0.05) is 0 Å². The molecule has 0 aromatic heterocycles. The molecule has 3 nitrogen and oxygen atoms in total. The van der Waals surface area contributed by atoms with Gasteiger partial charge in [0.25, 0.3) is 0 Å². The summed E-state index contributed by atoms with van der Waals surface area (Å²) in [5.74, 6) is -2.02. The van der Waals surface area contributed by atoms with E-state index in [9.17, 15) is 27.5 Å². The number of carbonyl (C=O) groups is 1. The highest BCUT2D eigenvalue weighted by molar-refractivity contribution is 5.73. The number of aliphatic hydroxyl groups is 1. The summed E-state index contributed by atoms with van der Waals surface area (Å²) in [6.45, 7) is 0. The molecule has 0 bridgehead atoms. The van der Waals surface area contributed by atoms with Crippen LogP contribution in [0.2, 0.25) is 0 Å². The van der Waals surface area contributed by atoms with E-state index in [2.05, 4.69) is 0 Å². The lowest BCUT2D eigenvalue weighted by molar-refractivity contribution is -0.149. The molecule has 2 N–H and O–H groups in total. The van der Waals surface area contributed by atoms with E-state index in [4.69, 9.17) is 5.11 Å². The van der Waals surface area contributed by atoms with Gasteiger partial charge in [0.2, 0.25) is 6.17 Å². The van der Waals surface area contributed by atoms with Crippen molar-refractivity contribution < 1.29 is 32.6 Å². The summed E-state index contributed by atoms with van der Waals surface area (Å²) in [6.07, 6.45) is -9.95. The molecule has 0 heterocycles. The van der Waals surface area contributed by atoms with E-state index < -0.39 is 35.5 Å². The van der Waals surface area contributed by atoms with Crippen LogP contribution in [-0.4, -0.2) is 22.4 Å². The minimum absolute atomic E-state index is 0.646. The molecule has 1 rings (SSSR count). The molecular weight excluding hydrogens is 244 g/mol. The lowest BCUT2D eigenvalue weighted by Gasteiger charge is -2.18. The van der Waals surface area contributed by atoms with Crippen LogP contribution in [0.15, 0.2) is 24.3 Å². The molecule has 1 aromatic carbocycles. The SMILES string of the molecule is O=C(O)C(F)C(O)c1ccccc1C(F)(F)F. The van der Waals surface area contributed by atoms with E-state index in [1.807, 2.05) is 0 Å². The first kappa shape index (κ1) is 13.4. The maximum Gasteiger partial charge on any atom is 0.416 e. The second-order valence-electron chi connectivity index (χ2n) is 3.27. The van der Waals surface area contributed by atoms with Crippen LogP contribution in [0.5, 0.6) is 0 Å². The van der Waals surface area contributed by atoms with Crippen LogP contribution in [0, 0.1) is 0 Å². The Morgan fingerprint density at radius 3 is 2.24 bits per heavy atom. The zero-order valence-corrected chi connectivity index (χ0v) is 8.28. The Labute approximate surface area is 93.3 Å². The Morgan fingerprint density at radius 2 is 1.76 bits per heavy atom. The number of alkyl halides is 4. The van der Waals surface area contributed by atoms with Crippen LogP contribution >= 0.6 is 0 Å². The fraction of sp³-hybridized carbons (Fsp3) is 0.300. The quantitative estimate of drug-likeness (QED) is 0.810. The number of aliphatic hydroxyl groups excluding tert-OH is 1. The highest BCUT2D eigenvalue weighted by Gasteiger charge is 2.38. The highest BCUT2D eigenvalue weighted by Crippen LogP contribution is 2.35. The van der Waals surface area contributed by atoms with Crippen molar-refractivity contribution in [2.24, 2.45) is 0 Å². The van der Waals surface area contributed by atoms with Crippen LogP contribution in [0.1, 0.15) is 17.2 Å². The highest BCUT2D eigenvalue weighted by atomic mass is 19.4. The molecule has 94 valence electrons. The molecule has 0 aliphatic rings. The van der Waals surface area contributed by atoms with Crippen molar-refractivity contribution in [1.29, 1.82) is 0 Å². The fourth-order valence-electron chi connectivity index (χ4n) is 1.31. The summed E-state index contributed by atoms with van der Waals surface area (Å²) >= 11 is 0. The summed E-state index contributed by atoms with van der Waals surface area (Å²) in [5, 5.41) is 17.5. The normalized spacial score (nSPS) is 15.4. The summed E-state index contributed by atoms with van der Waals surface area (Å²) in [6, 6.07) is 3.70.